The lowest BCUT2D eigenvalue weighted by Crippen LogP contribution is -1.93. The fourth-order valence-electron chi connectivity index (χ4n) is 1.56. The van der Waals surface area contributed by atoms with Crippen molar-refractivity contribution in [1.29, 1.82) is 0 Å². The van der Waals surface area contributed by atoms with Crippen LogP contribution in [0.4, 0.5) is 10.8 Å². The first-order valence-corrected chi connectivity index (χ1v) is 8.35. The Morgan fingerprint density at radius 1 is 1.30 bits per heavy atom. The number of nitrogens with zero attached hydrogens (tertiary/aromatic N) is 2. The van der Waals surface area contributed by atoms with Gasteiger partial charge in [-0.25, -0.2) is 0 Å². The Balaban J connectivity index is 1.95. The second kappa shape index (κ2) is 7.50. The molecule has 2 rings (SSSR count). The maximum Gasteiger partial charge on any atom is 0.210 e. The lowest BCUT2D eigenvalue weighted by atomic mass is 10.2. The standard InChI is InChI=1S/C14H19N3OS2/c1-10(2)8-9-19-14-17-16-13(20-14)15-11-6-4-5-7-12(11)18-3/h4-7,10H,8-9H2,1-3H3,(H,15,16). The average molecular weight is 309 g/mol. The van der Waals surface area contributed by atoms with Gasteiger partial charge in [-0.15, -0.1) is 10.2 Å². The van der Waals surface area contributed by atoms with Gasteiger partial charge in [-0.3, -0.25) is 0 Å². The number of nitrogens with one attached hydrogen (secondary N) is 1. The Morgan fingerprint density at radius 2 is 2.10 bits per heavy atom. The van der Waals surface area contributed by atoms with Crippen LogP contribution in [0.15, 0.2) is 28.6 Å². The Morgan fingerprint density at radius 3 is 2.85 bits per heavy atom. The zero-order chi connectivity index (χ0) is 14.4. The van der Waals surface area contributed by atoms with E-state index in [0.29, 0.717) is 0 Å². The van der Waals surface area contributed by atoms with Crippen LogP contribution in [0.5, 0.6) is 5.75 Å². The van der Waals surface area contributed by atoms with Crippen molar-refractivity contribution in [3.63, 3.8) is 0 Å². The smallest absolute Gasteiger partial charge is 0.210 e. The first-order chi connectivity index (χ1) is 9.69. The predicted octanol–water partition coefficient (Wildman–Crippen LogP) is 4.43. The first-order valence-electron chi connectivity index (χ1n) is 6.55. The van der Waals surface area contributed by atoms with E-state index in [4.69, 9.17) is 4.74 Å². The quantitative estimate of drug-likeness (QED) is 0.767. The molecule has 108 valence electrons. The Labute approximate surface area is 128 Å². The van der Waals surface area contributed by atoms with Gasteiger partial charge in [-0.1, -0.05) is 49.1 Å². The topological polar surface area (TPSA) is 47.0 Å². The third-order valence-electron chi connectivity index (χ3n) is 2.68. The lowest BCUT2D eigenvalue weighted by Gasteiger charge is -2.07. The molecule has 1 aromatic heterocycles. The third-order valence-corrected chi connectivity index (χ3v) is 4.68. The zero-order valence-electron chi connectivity index (χ0n) is 11.9. The monoisotopic (exact) mass is 309 g/mol. The van der Waals surface area contributed by atoms with Gasteiger partial charge >= 0.3 is 0 Å². The number of para-hydroxylation sites is 2. The summed E-state index contributed by atoms with van der Waals surface area (Å²) in [5, 5.41) is 12.4. The minimum atomic E-state index is 0.724. The molecule has 0 aliphatic rings. The highest BCUT2D eigenvalue weighted by Gasteiger charge is 2.08. The Hall–Kier alpha value is -1.27. The molecule has 0 saturated heterocycles. The molecule has 0 spiro atoms. The molecule has 6 heteroatoms. The SMILES string of the molecule is COc1ccccc1Nc1nnc(SCCC(C)C)s1. The number of anilines is 2. The summed E-state index contributed by atoms with van der Waals surface area (Å²) in [6.45, 7) is 4.46. The second-order valence-corrected chi connectivity index (χ2v) is 7.05. The van der Waals surface area contributed by atoms with Gasteiger partial charge in [0.05, 0.1) is 12.8 Å². The van der Waals surface area contributed by atoms with Crippen molar-refractivity contribution in [2.24, 2.45) is 5.92 Å². The van der Waals surface area contributed by atoms with E-state index in [1.165, 1.54) is 6.42 Å². The number of aromatic nitrogens is 2. The molecule has 0 atom stereocenters. The van der Waals surface area contributed by atoms with E-state index in [9.17, 15) is 0 Å². The summed E-state index contributed by atoms with van der Waals surface area (Å²) in [5.41, 5.74) is 0.907. The van der Waals surface area contributed by atoms with Crippen molar-refractivity contribution < 1.29 is 4.74 Å². The number of benzene rings is 1. The lowest BCUT2D eigenvalue weighted by molar-refractivity contribution is 0.417. The van der Waals surface area contributed by atoms with Gasteiger partial charge in [-0.2, -0.15) is 0 Å². The molecule has 4 nitrogen and oxygen atoms in total. The van der Waals surface area contributed by atoms with Crippen molar-refractivity contribution in [3.8, 4) is 5.75 Å². The molecular weight excluding hydrogens is 290 g/mol. The number of hydrogen-bond donors (Lipinski definition) is 1. The molecule has 0 unspecified atom stereocenters. The molecule has 1 N–H and O–H groups in total. The van der Waals surface area contributed by atoms with Crippen LogP contribution in [0.1, 0.15) is 20.3 Å². The highest BCUT2D eigenvalue weighted by atomic mass is 32.2. The molecular formula is C14H19N3OS2. The van der Waals surface area contributed by atoms with Gasteiger partial charge < -0.3 is 10.1 Å². The molecule has 1 aromatic carbocycles. The van der Waals surface area contributed by atoms with Gasteiger partial charge in [0.1, 0.15) is 5.75 Å². The normalized spacial score (nSPS) is 10.8. The number of methoxy groups -OCH3 is 1. The highest BCUT2D eigenvalue weighted by molar-refractivity contribution is 8.01. The van der Waals surface area contributed by atoms with E-state index in [0.717, 1.165) is 32.6 Å². The van der Waals surface area contributed by atoms with Gasteiger partial charge in [0.15, 0.2) is 4.34 Å². The molecule has 0 saturated carbocycles. The van der Waals surface area contributed by atoms with Crippen LogP contribution in [0.25, 0.3) is 0 Å². The maximum absolute atomic E-state index is 5.30. The largest absolute Gasteiger partial charge is 0.495 e. The van der Waals surface area contributed by atoms with Crippen LogP contribution in [-0.2, 0) is 0 Å². The Kier molecular flexibility index (Phi) is 5.67. The van der Waals surface area contributed by atoms with Gasteiger partial charge in [0, 0.05) is 5.75 Å². The van der Waals surface area contributed by atoms with E-state index in [1.807, 2.05) is 24.3 Å². The fourth-order valence-corrected chi connectivity index (χ4v) is 3.64. The first kappa shape index (κ1) is 15.1. The molecule has 0 amide bonds. The average Bonchev–Trinajstić information content (AvgIpc) is 2.86. The van der Waals surface area contributed by atoms with E-state index >= 15 is 0 Å². The van der Waals surface area contributed by atoms with Crippen molar-refractivity contribution in [2.45, 2.75) is 24.6 Å². The van der Waals surface area contributed by atoms with Crippen LogP contribution in [0, 0.1) is 5.92 Å². The van der Waals surface area contributed by atoms with E-state index < -0.39 is 0 Å². The summed E-state index contributed by atoms with van der Waals surface area (Å²) in [7, 11) is 1.66. The summed E-state index contributed by atoms with van der Waals surface area (Å²) in [6.07, 6.45) is 1.19. The minimum Gasteiger partial charge on any atom is -0.495 e. The third kappa shape index (κ3) is 4.38. The molecule has 1 heterocycles. The molecule has 2 aromatic rings. The molecule has 0 radical (unpaired) electrons. The number of thioether (sulfide) groups is 1. The molecule has 0 aliphatic heterocycles. The molecule has 0 aliphatic carbocycles. The summed E-state index contributed by atoms with van der Waals surface area (Å²) >= 11 is 3.34. The van der Waals surface area contributed by atoms with Crippen LogP contribution in [0.2, 0.25) is 0 Å². The van der Waals surface area contributed by atoms with Crippen LogP contribution < -0.4 is 10.1 Å². The molecule has 20 heavy (non-hydrogen) atoms. The predicted molar refractivity (Wildman–Crippen MR) is 86.4 cm³/mol. The van der Waals surface area contributed by atoms with Crippen LogP contribution in [0.3, 0.4) is 0 Å². The van der Waals surface area contributed by atoms with Crippen molar-refractivity contribution in [3.05, 3.63) is 24.3 Å². The summed E-state index contributed by atoms with van der Waals surface area (Å²) in [6, 6.07) is 7.79. The van der Waals surface area contributed by atoms with Crippen molar-refractivity contribution >= 4 is 33.9 Å². The minimum absolute atomic E-state index is 0.724. The number of hydrogen-bond acceptors (Lipinski definition) is 6. The summed E-state index contributed by atoms with van der Waals surface area (Å²) in [4.78, 5) is 0. The highest BCUT2D eigenvalue weighted by Crippen LogP contribution is 2.31. The van der Waals surface area contributed by atoms with Gasteiger partial charge in [0.2, 0.25) is 5.13 Å². The summed E-state index contributed by atoms with van der Waals surface area (Å²) in [5.74, 6) is 2.61. The van der Waals surface area contributed by atoms with Gasteiger partial charge in [0.25, 0.3) is 0 Å². The van der Waals surface area contributed by atoms with Gasteiger partial charge in [-0.05, 0) is 24.5 Å². The Bertz CT molecular complexity index is 543. The fraction of sp³-hybridized carbons (Fsp3) is 0.429. The number of ether oxygens (including phenoxy) is 1. The summed E-state index contributed by atoms with van der Waals surface area (Å²) < 4.78 is 6.31. The van der Waals surface area contributed by atoms with Crippen molar-refractivity contribution in [2.75, 3.05) is 18.2 Å². The van der Waals surface area contributed by atoms with E-state index in [-0.39, 0.29) is 0 Å². The second-order valence-electron chi connectivity index (χ2n) is 4.73. The molecule has 0 bridgehead atoms. The van der Waals surface area contributed by atoms with E-state index in [2.05, 4.69) is 29.4 Å². The number of rotatable bonds is 7. The van der Waals surface area contributed by atoms with Crippen molar-refractivity contribution in [1.82, 2.24) is 10.2 Å². The molecule has 0 fully saturated rings. The van der Waals surface area contributed by atoms with E-state index in [1.54, 1.807) is 30.2 Å². The zero-order valence-corrected chi connectivity index (χ0v) is 13.6. The van der Waals surface area contributed by atoms with Crippen LogP contribution in [-0.4, -0.2) is 23.1 Å². The maximum atomic E-state index is 5.30. The van der Waals surface area contributed by atoms with Crippen LogP contribution >= 0.6 is 23.1 Å².